The van der Waals surface area contributed by atoms with Crippen LogP contribution in [-0.4, -0.2) is 15.0 Å². The molecule has 0 aliphatic carbocycles. The molecule has 0 atom stereocenters. The Bertz CT molecular complexity index is 756. The molecular weight excluding hydrogens is 278 g/mol. The van der Waals surface area contributed by atoms with E-state index < -0.39 is 0 Å². The standard InChI is InChI=1S/C16H15N5O/c17-15-19-14(20-16(18)21-15)10-11-5-4-8-13(9-11)22-12-6-2-1-3-7-12/h1-9H,10H2,(H4,17,18,19,20,21). The first-order valence-electron chi connectivity index (χ1n) is 6.77. The van der Waals surface area contributed by atoms with Crippen molar-refractivity contribution in [2.45, 2.75) is 6.42 Å². The number of nitrogen functional groups attached to an aromatic ring is 2. The molecule has 1 heterocycles. The Morgan fingerprint density at radius 2 is 1.45 bits per heavy atom. The molecule has 3 aromatic rings. The highest BCUT2D eigenvalue weighted by Gasteiger charge is 2.05. The van der Waals surface area contributed by atoms with E-state index in [9.17, 15) is 0 Å². The van der Waals surface area contributed by atoms with Crippen LogP contribution in [0, 0.1) is 0 Å². The fraction of sp³-hybridized carbons (Fsp3) is 0.0625. The van der Waals surface area contributed by atoms with E-state index in [0.29, 0.717) is 12.2 Å². The van der Waals surface area contributed by atoms with Crippen LogP contribution in [0.3, 0.4) is 0 Å². The minimum atomic E-state index is 0.124. The Balaban J connectivity index is 1.79. The van der Waals surface area contributed by atoms with Crippen molar-refractivity contribution in [3.63, 3.8) is 0 Å². The molecule has 0 saturated carbocycles. The number of aromatic nitrogens is 3. The molecule has 0 radical (unpaired) electrons. The minimum Gasteiger partial charge on any atom is -0.457 e. The first kappa shape index (κ1) is 13.8. The van der Waals surface area contributed by atoms with Gasteiger partial charge in [0.05, 0.1) is 0 Å². The van der Waals surface area contributed by atoms with Gasteiger partial charge >= 0.3 is 0 Å². The topological polar surface area (TPSA) is 99.9 Å². The Kier molecular flexibility index (Phi) is 3.82. The summed E-state index contributed by atoms with van der Waals surface area (Å²) in [5.41, 5.74) is 12.2. The van der Waals surface area contributed by atoms with Crippen LogP contribution in [0.5, 0.6) is 11.5 Å². The summed E-state index contributed by atoms with van der Waals surface area (Å²) in [6.45, 7) is 0. The number of rotatable bonds is 4. The molecule has 1 aromatic heterocycles. The summed E-state index contributed by atoms with van der Waals surface area (Å²) in [7, 11) is 0. The van der Waals surface area contributed by atoms with Crippen LogP contribution in [-0.2, 0) is 6.42 Å². The molecule has 0 amide bonds. The molecule has 0 fully saturated rings. The predicted octanol–water partition coefficient (Wildman–Crippen LogP) is 2.42. The van der Waals surface area contributed by atoms with Gasteiger partial charge in [-0.3, -0.25) is 0 Å². The highest BCUT2D eigenvalue weighted by atomic mass is 16.5. The summed E-state index contributed by atoms with van der Waals surface area (Å²) in [4.78, 5) is 11.9. The maximum Gasteiger partial charge on any atom is 0.225 e. The lowest BCUT2D eigenvalue weighted by atomic mass is 10.1. The van der Waals surface area contributed by atoms with Crippen molar-refractivity contribution in [2.75, 3.05) is 11.5 Å². The van der Waals surface area contributed by atoms with Gasteiger partial charge in [0.1, 0.15) is 17.3 Å². The van der Waals surface area contributed by atoms with Gasteiger partial charge in [-0.25, -0.2) is 0 Å². The summed E-state index contributed by atoms with van der Waals surface area (Å²) in [6.07, 6.45) is 0.503. The van der Waals surface area contributed by atoms with Crippen LogP contribution in [0.4, 0.5) is 11.9 Å². The van der Waals surface area contributed by atoms with Crippen LogP contribution in [0.1, 0.15) is 11.4 Å². The van der Waals surface area contributed by atoms with Crippen LogP contribution >= 0.6 is 0 Å². The van der Waals surface area contributed by atoms with Crippen molar-refractivity contribution < 1.29 is 4.74 Å². The van der Waals surface area contributed by atoms with Gasteiger partial charge in [-0.2, -0.15) is 15.0 Å². The molecule has 6 heteroatoms. The highest BCUT2D eigenvalue weighted by Crippen LogP contribution is 2.22. The number of benzene rings is 2. The molecule has 22 heavy (non-hydrogen) atoms. The van der Waals surface area contributed by atoms with Crippen LogP contribution in [0.25, 0.3) is 0 Å². The molecule has 0 spiro atoms. The van der Waals surface area contributed by atoms with Gasteiger partial charge < -0.3 is 16.2 Å². The molecule has 4 N–H and O–H groups in total. The van der Waals surface area contributed by atoms with Crippen molar-refractivity contribution in [3.05, 3.63) is 66.0 Å². The van der Waals surface area contributed by atoms with E-state index in [1.165, 1.54) is 0 Å². The SMILES string of the molecule is Nc1nc(N)nc(Cc2cccc(Oc3ccccc3)c2)n1. The number of hydrogen-bond donors (Lipinski definition) is 2. The second kappa shape index (κ2) is 6.09. The number of nitrogens with two attached hydrogens (primary N) is 2. The van der Waals surface area contributed by atoms with E-state index in [4.69, 9.17) is 16.2 Å². The zero-order chi connectivity index (χ0) is 15.4. The van der Waals surface area contributed by atoms with Gasteiger partial charge in [0.15, 0.2) is 0 Å². The van der Waals surface area contributed by atoms with Gasteiger partial charge in [0.25, 0.3) is 0 Å². The monoisotopic (exact) mass is 293 g/mol. The zero-order valence-corrected chi connectivity index (χ0v) is 11.8. The van der Waals surface area contributed by atoms with Crippen molar-refractivity contribution in [1.82, 2.24) is 15.0 Å². The third-order valence-corrected chi connectivity index (χ3v) is 2.96. The van der Waals surface area contributed by atoms with Crippen LogP contribution in [0.2, 0.25) is 0 Å². The molecule has 3 rings (SSSR count). The largest absolute Gasteiger partial charge is 0.457 e. The van der Waals surface area contributed by atoms with E-state index >= 15 is 0 Å². The average molecular weight is 293 g/mol. The van der Waals surface area contributed by atoms with Gasteiger partial charge in [-0.1, -0.05) is 30.3 Å². The molecule has 0 aliphatic heterocycles. The lowest BCUT2D eigenvalue weighted by Crippen LogP contribution is -2.07. The maximum atomic E-state index is 5.80. The Morgan fingerprint density at radius 3 is 2.18 bits per heavy atom. The van der Waals surface area contributed by atoms with E-state index in [1.807, 2.05) is 54.6 Å². The lowest BCUT2D eigenvalue weighted by molar-refractivity contribution is 0.482. The van der Waals surface area contributed by atoms with Gasteiger partial charge in [0, 0.05) is 6.42 Å². The Labute approximate surface area is 127 Å². The molecule has 0 saturated heterocycles. The molecule has 2 aromatic carbocycles. The van der Waals surface area contributed by atoms with Gasteiger partial charge in [-0.05, 0) is 29.8 Å². The minimum absolute atomic E-state index is 0.124. The number of anilines is 2. The number of nitrogens with zero attached hydrogens (tertiary/aromatic N) is 3. The predicted molar refractivity (Wildman–Crippen MR) is 84.4 cm³/mol. The Morgan fingerprint density at radius 1 is 0.773 bits per heavy atom. The molecular formula is C16H15N5O. The molecule has 110 valence electrons. The third-order valence-electron chi connectivity index (χ3n) is 2.96. The van der Waals surface area contributed by atoms with Gasteiger partial charge in [0.2, 0.25) is 11.9 Å². The number of ether oxygens (including phenoxy) is 1. The molecule has 0 aliphatic rings. The summed E-state index contributed by atoms with van der Waals surface area (Å²) in [5, 5.41) is 0. The quantitative estimate of drug-likeness (QED) is 0.766. The molecule has 0 bridgehead atoms. The third kappa shape index (κ3) is 3.49. The van der Waals surface area contributed by atoms with Crippen LogP contribution in [0.15, 0.2) is 54.6 Å². The van der Waals surface area contributed by atoms with E-state index in [0.717, 1.165) is 17.1 Å². The first-order chi connectivity index (χ1) is 10.7. The smallest absolute Gasteiger partial charge is 0.225 e. The van der Waals surface area contributed by atoms with Crippen molar-refractivity contribution in [2.24, 2.45) is 0 Å². The fourth-order valence-corrected chi connectivity index (χ4v) is 2.06. The van der Waals surface area contributed by atoms with E-state index in [-0.39, 0.29) is 11.9 Å². The van der Waals surface area contributed by atoms with Crippen molar-refractivity contribution >= 4 is 11.9 Å². The molecule has 0 unspecified atom stereocenters. The fourth-order valence-electron chi connectivity index (χ4n) is 2.06. The molecule has 6 nitrogen and oxygen atoms in total. The Hall–Kier alpha value is -3.15. The second-order valence-electron chi connectivity index (χ2n) is 4.71. The number of hydrogen-bond acceptors (Lipinski definition) is 6. The average Bonchev–Trinajstić information content (AvgIpc) is 2.47. The van der Waals surface area contributed by atoms with Crippen molar-refractivity contribution in [1.29, 1.82) is 0 Å². The first-order valence-corrected chi connectivity index (χ1v) is 6.77. The summed E-state index contributed by atoms with van der Waals surface area (Å²) in [5.74, 6) is 2.31. The highest BCUT2D eigenvalue weighted by molar-refractivity contribution is 5.35. The maximum absolute atomic E-state index is 5.80. The van der Waals surface area contributed by atoms with E-state index in [1.54, 1.807) is 0 Å². The number of para-hydroxylation sites is 1. The van der Waals surface area contributed by atoms with Crippen LogP contribution < -0.4 is 16.2 Å². The zero-order valence-electron chi connectivity index (χ0n) is 11.8. The van der Waals surface area contributed by atoms with Gasteiger partial charge in [-0.15, -0.1) is 0 Å². The lowest BCUT2D eigenvalue weighted by Gasteiger charge is -2.07. The second-order valence-corrected chi connectivity index (χ2v) is 4.71. The van der Waals surface area contributed by atoms with E-state index in [2.05, 4.69) is 15.0 Å². The summed E-state index contributed by atoms with van der Waals surface area (Å²) < 4.78 is 5.80. The summed E-state index contributed by atoms with van der Waals surface area (Å²) in [6, 6.07) is 17.3. The normalized spacial score (nSPS) is 10.4. The summed E-state index contributed by atoms with van der Waals surface area (Å²) >= 11 is 0. The van der Waals surface area contributed by atoms with Crippen molar-refractivity contribution in [3.8, 4) is 11.5 Å².